The second-order valence-electron chi connectivity index (χ2n) is 4.33. The highest BCUT2D eigenvalue weighted by Gasteiger charge is 2.36. The van der Waals surface area contributed by atoms with Crippen LogP contribution in [0.2, 0.25) is 0 Å². The Balaban J connectivity index is 2.46. The Bertz CT molecular complexity index is 386. The van der Waals surface area contributed by atoms with E-state index in [1.807, 2.05) is 30.1 Å². The predicted molar refractivity (Wildman–Crippen MR) is 60.7 cm³/mol. The van der Waals surface area contributed by atoms with Gasteiger partial charge >= 0.3 is 0 Å². The van der Waals surface area contributed by atoms with Crippen molar-refractivity contribution in [3.63, 3.8) is 0 Å². The third-order valence-corrected chi connectivity index (χ3v) is 3.43. The summed E-state index contributed by atoms with van der Waals surface area (Å²) in [6, 6.07) is 8.22. The average molecular weight is 203 g/mol. The van der Waals surface area contributed by atoms with E-state index in [1.54, 1.807) is 0 Å². The molecule has 2 nitrogen and oxygen atoms in total. The first-order chi connectivity index (χ1) is 7.16. The van der Waals surface area contributed by atoms with Crippen LogP contribution < -0.4 is 0 Å². The van der Waals surface area contributed by atoms with Crippen molar-refractivity contribution >= 4 is 5.91 Å². The topological polar surface area (TPSA) is 20.3 Å². The van der Waals surface area contributed by atoms with Gasteiger partial charge in [0, 0.05) is 12.6 Å². The number of nitrogens with zero attached hydrogens (tertiary/aromatic N) is 1. The molecule has 2 atom stereocenters. The maximum absolute atomic E-state index is 12.0. The van der Waals surface area contributed by atoms with E-state index in [1.165, 1.54) is 5.56 Å². The Morgan fingerprint density at radius 1 is 1.40 bits per heavy atom. The maximum Gasteiger partial charge on any atom is 0.254 e. The van der Waals surface area contributed by atoms with Gasteiger partial charge in [0.1, 0.15) is 0 Å². The molecule has 0 aliphatic carbocycles. The normalized spacial score (nSPS) is 21.7. The van der Waals surface area contributed by atoms with Crippen molar-refractivity contribution in [1.82, 2.24) is 4.90 Å². The van der Waals surface area contributed by atoms with E-state index >= 15 is 0 Å². The fourth-order valence-electron chi connectivity index (χ4n) is 2.39. The number of hydrogen-bond donors (Lipinski definition) is 0. The molecule has 0 saturated carbocycles. The maximum atomic E-state index is 12.0. The van der Waals surface area contributed by atoms with Crippen molar-refractivity contribution < 1.29 is 4.79 Å². The third-order valence-electron chi connectivity index (χ3n) is 3.43. The summed E-state index contributed by atoms with van der Waals surface area (Å²) in [4.78, 5) is 13.8. The number of amides is 1. The summed E-state index contributed by atoms with van der Waals surface area (Å²) in [5, 5.41) is 0. The number of fused-ring (bicyclic) bond motifs is 1. The van der Waals surface area contributed by atoms with Crippen LogP contribution in [0, 0.1) is 5.92 Å². The summed E-state index contributed by atoms with van der Waals surface area (Å²) >= 11 is 0. The van der Waals surface area contributed by atoms with Crippen molar-refractivity contribution in [2.75, 3.05) is 7.05 Å². The van der Waals surface area contributed by atoms with Crippen LogP contribution in [0.3, 0.4) is 0 Å². The van der Waals surface area contributed by atoms with Crippen LogP contribution in [-0.4, -0.2) is 17.9 Å². The summed E-state index contributed by atoms with van der Waals surface area (Å²) in [5.41, 5.74) is 2.07. The summed E-state index contributed by atoms with van der Waals surface area (Å²) in [7, 11) is 1.90. The zero-order chi connectivity index (χ0) is 11.0. The monoisotopic (exact) mass is 203 g/mol. The van der Waals surface area contributed by atoms with Crippen LogP contribution in [0.4, 0.5) is 0 Å². The van der Waals surface area contributed by atoms with Crippen molar-refractivity contribution in [2.45, 2.75) is 26.3 Å². The second-order valence-corrected chi connectivity index (χ2v) is 4.33. The zero-order valence-corrected chi connectivity index (χ0v) is 9.53. The molecule has 0 fully saturated rings. The number of hydrogen-bond acceptors (Lipinski definition) is 1. The summed E-state index contributed by atoms with van der Waals surface area (Å²) in [6.07, 6.45) is 1.09. The molecule has 1 aromatic carbocycles. The van der Waals surface area contributed by atoms with E-state index in [0.29, 0.717) is 5.92 Å². The van der Waals surface area contributed by atoms with E-state index in [-0.39, 0.29) is 11.9 Å². The highest BCUT2D eigenvalue weighted by molar-refractivity contribution is 5.99. The Kier molecular flexibility index (Phi) is 2.51. The van der Waals surface area contributed by atoms with Crippen LogP contribution >= 0.6 is 0 Å². The van der Waals surface area contributed by atoms with Gasteiger partial charge in [0.25, 0.3) is 5.91 Å². The fraction of sp³-hybridized carbons (Fsp3) is 0.462. The lowest BCUT2D eigenvalue weighted by Crippen LogP contribution is -2.27. The molecular formula is C13H17NO. The largest absolute Gasteiger partial charge is 0.334 e. The zero-order valence-electron chi connectivity index (χ0n) is 9.53. The Morgan fingerprint density at radius 3 is 2.73 bits per heavy atom. The molecule has 0 radical (unpaired) electrons. The summed E-state index contributed by atoms with van der Waals surface area (Å²) in [6.45, 7) is 4.38. The summed E-state index contributed by atoms with van der Waals surface area (Å²) < 4.78 is 0. The minimum absolute atomic E-state index is 0.163. The second kappa shape index (κ2) is 3.69. The average Bonchev–Trinajstić information content (AvgIpc) is 2.52. The molecule has 0 aromatic heterocycles. The predicted octanol–water partition coefficient (Wildman–Crippen LogP) is 2.86. The molecule has 0 spiro atoms. The van der Waals surface area contributed by atoms with E-state index in [0.717, 1.165) is 12.0 Å². The fourth-order valence-corrected chi connectivity index (χ4v) is 2.39. The molecule has 2 rings (SSSR count). The van der Waals surface area contributed by atoms with Crippen molar-refractivity contribution in [2.24, 2.45) is 5.92 Å². The van der Waals surface area contributed by atoms with Gasteiger partial charge in [-0.25, -0.2) is 0 Å². The van der Waals surface area contributed by atoms with Crippen molar-refractivity contribution in [1.29, 1.82) is 0 Å². The molecule has 2 unspecified atom stereocenters. The Hall–Kier alpha value is -1.31. The van der Waals surface area contributed by atoms with Crippen LogP contribution in [0.1, 0.15) is 42.2 Å². The molecule has 2 heteroatoms. The quantitative estimate of drug-likeness (QED) is 0.723. The molecular weight excluding hydrogens is 186 g/mol. The Labute approximate surface area is 90.9 Å². The van der Waals surface area contributed by atoms with Crippen LogP contribution in [0.15, 0.2) is 24.3 Å². The van der Waals surface area contributed by atoms with Gasteiger partial charge < -0.3 is 4.90 Å². The van der Waals surface area contributed by atoms with Crippen molar-refractivity contribution in [3.05, 3.63) is 35.4 Å². The van der Waals surface area contributed by atoms with Gasteiger partial charge in [-0.3, -0.25) is 4.79 Å². The molecule has 1 aliphatic heterocycles. The van der Waals surface area contributed by atoms with Crippen LogP contribution in [0.25, 0.3) is 0 Å². The lowest BCUT2D eigenvalue weighted by atomic mass is 9.92. The number of carbonyl (C=O) groups is 1. The Morgan fingerprint density at radius 2 is 2.07 bits per heavy atom. The van der Waals surface area contributed by atoms with Gasteiger partial charge in [-0.2, -0.15) is 0 Å². The first-order valence-electron chi connectivity index (χ1n) is 5.53. The lowest BCUT2D eigenvalue weighted by molar-refractivity contribution is 0.0732. The highest BCUT2D eigenvalue weighted by atomic mass is 16.2. The van der Waals surface area contributed by atoms with Gasteiger partial charge in [0.2, 0.25) is 0 Å². The highest BCUT2D eigenvalue weighted by Crippen LogP contribution is 2.38. The smallest absolute Gasteiger partial charge is 0.254 e. The van der Waals surface area contributed by atoms with E-state index in [9.17, 15) is 4.79 Å². The minimum atomic E-state index is 0.163. The van der Waals surface area contributed by atoms with Crippen LogP contribution in [-0.2, 0) is 0 Å². The first-order valence-corrected chi connectivity index (χ1v) is 5.53. The molecule has 0 bridgehead atoms. The summed E-state index contributed by atoms with van der Waals surface area (Å²) in [5.74, 6) is 0.679. The minimum Gasteiger partial charge on any atom is -0.334 e. The van der Waals surface area contributed by atoms with Gasteiger partial charge in [-0.15, -0.1) is 0 Å². The van der Waals surface area contributed by atoms with Gasteiger partial charge in [-0.1, -0.05) is 38.5 Å². The van der Waals surface area contributed by atoms with Gasteiger partial charge in [-0.05, 0) is 17.5 Å². The lowest BCUT2D eigenvalue weighted by Gasteiger charge is -2.26. The standard InChI is InChI=1S/C13H17NO/c1-4-9(2)12-10-7-5-6-8-11(10)13(15)14(12)3/h5-9,12H,4H2,1-3H3. The van der Waals surface area contributed by atoms with E-state index < -0.39 is 0 Å². The first kappa shape index (κ1) is 10.2. The number of carbonyl (C=O) groups excluding carboxylic acids is 1. The molecule has 80 valence electrons. The van der Waals surface area contributed by atoms with E-state index in [2.05, 4.69) is 19.9 Å². The van der Waals surface area contributed by atoms with E-state index in [4.69, 9.17) is 0 Å². The number of rotatable bonds is 2. The molecule has 1 amide bonds. The molecule has 1 aliphatic rings. The number of benzene rings is 1. The van der Waals surface area contributed by atoms with Crippen molar-refractivity contribution in [3.8, 4) is 0 Å². The molecule has 0 saturated heterocycles. The molecule has 1 aromatic rings. The van der Waals surface area contributed by atoms with Crippen LogP contribution in [0.5, 0.6) is 0 Å². The molecule has 1 heterocycles. The molecule has 0 N–H and O–H groups in total. The van der Waals surface area contributed by atoms with Gasteiger partial charge in [0.15, 0.2) is 0 Å². The SMILES string of the molecule is CCC(C)C1c2ccccc2C(=O)N1C. The molecule has 15 heavy (non-hydrogen) atoms. The third kappa shape index (κ3) is 1.44. The van der Waals surface area contributed by atoms with Gasteiger partial charge in [0.05, 0.1) is 6.04 Å².